The van der Waals surface area contributed by atoms with E-state index in [1.165, 1.54) is 23.2 Å². The molecule has 0 bridgehead atoms. The number of likely N-dealkylation sites (tertiary alicyclic amines) is 1. The summed E-state index contributed by atoms with van der Waals surface area (Å²) < 4.78 is 8.03. The van der Waals surface area contributed by atoms with Crippen LogP contribution in [0.3, 0.4) is 0 Å². The summed E-state index contributed by atoms with van der Waals surface area (Å²) in [4.78, 5) is 109. The number of nitrogens with one attached hydrogen (secondary N) is 1. The lowest BCUT2D eigenvalue weighted by molar-refractivity contribution is -0.143. The Kier molecular flexibility index (Phi) is 14.6. The molecule has 4 aliphatic rings. The van der Waals surface area contributed by atoms with Crippen LogP contribution in [0.4, 0.5) is 5.69 Å². The standard InChI is InChI=1S/C56H62N10O8S/c1-32(2)50(65-28-38-10-6-9-13-43(38)54(65)71)56(73)64-29-42(68)24-45(64)53(70)59-25-37-15-14-36(51-34(4)60-31-75-51)22-46(37)74-30-48(69)63-20-18-62(19-21-63)41-17-16-39(57-26-41)23-47-58-27-44-33(3)49(35(5)67)55(72)66(52(44)61-47)40-11-7-8-12-40/h6,9-10,13-17,22,26-27,31-32,40,42,45,50,68H,7-8,11-12,18-21,23-25,28-30H2,1-5H3,(H,59,70)/t42-,45+,50+/m1/s1. The van der Waals surface area contributed by atoms with Crippen molar-refractivity contribution < 1.29 is 33.8 Å². The van der Waals surface area contributed by atoms with Crippen molar-refractivity contribution in [2.75, 3.05) is 44.2 Å². The van der Waals surface area contributed by atoms with Crippen LogP contribution in [0.2, 0.25) is 0 Å². The number of nitrogens with zero attached hydrogens (tertiary/aromatic N) is 9. The third-order valence-electron chi connectivity index (χ3n) is 15.3. The van der Waals surface area contributed by atoms with Crippen molar-refractivity contribution in [1.29, 1.82) is 0 Å². The van der Waals surface area contributed by atoms with E-state index in [2.05, 4.69) is 20.2 Å². The van der Waals surface area contributed by atoms with Crippen LogP contribution in [-0.4, -0.2) is 131 Å². The van der Waals surface area contributed by atoms with E-state index in [-0.39, 0.29) is 79.2 Å². The Morgan fingerprint density at radius 3 is 2.40 bits per heavy atom. The highest BCUT2D eigenvalue weighted by Gasteiger charge is 2.46. The topological polar surface area (TPSA) is 213 Å². The van der Waals surface area contributed by atoms with Gasteiger partial charge in [-0.1, -0.05) is 57.0 Å². The summed E-state index contributed by atoms with van der Waals surface area (Å²) in [7, 11) is 0. The van der Waals surface area contributed by atoms with Crippen LogP contribution in [0.15, 0.2) is 77.3 Å². The SMILES string of the molecule is CC(=O)c1c(C)c2cnc(Cc3ccc(N4CCN(C(=O)COc5cc(-c6scnc6C)ccc5CNC(=O)[C@@H]5C[C@@H](O)CN5C(=O)[C@H](C(C)C)N5Cc6ccccc6C5=O)CC4)cn3)nc2n(C2CCCC2)c1=O. The number of thiazole rings is 1. The molecule has 19 heteroatoms. The zero-order chi connectivity index (χ0) is 52.7. The smallest absolute Gasteiger partial charge is 0.263 e. The van der Waals surface area contributed by atoms with Crippen molar-refractivity contribution in [2.24, 2.45) is 5.92 Å². The minimum absolute atomic E-state index is 0.00944. The molecule has 1 aliphatic carbocycles. The summed E-state index contributed by atoms with van der Waals surface area (Å²) >= 11 is 1.49. The van der Waals surface area contributed by atoms with Crippen molar-refractivity contribution in [1.82, 2.24) is 44.5 Å². The molecular formula is C56H62N10O8S. The van der Waals surface area contributed by atoms with Gasteiger partial charge in [-0.05, 0) is 80.5 Å². The Balaban J connectivity index is 0.770. The number of aryl methyl sites for hydroxylation is 2. The molecule has 18 nitrogen and oxygen atoms in total. The van der Waals surface area contributed by atoms with Crippen molar-refractivity contribution in [2.45, 2.75) is 110 Å². The lowest BCUT2D eigenvalue weighted by atomic mass is 10.0. The van der Waals surface area contributed by atoms with Gasteiger partial charge < -0.3 is 34.8 Å². The predicted molar refractivity (Wildman–Crippen MR) is 283 cm³/mol. The molecule has 3 aliphatic heterocycles. The number of carbonyl (C=O) groups excluding carboxylic acids is 5. The molecule has 390 valence electrons. The van der Waals surface area contributed by atoms with Gasteiger partial charge in [-0.2, -0.15) is 0 Å². The number of hydrogen-bond donors (Lipinski definition) is 2. The second kappa shape index (κ2) is 21.5. The maximum Gasteiger partial charge on any atom is 0.263 e. The highest BCUT2D eigenvalue weighted by Crippen LogP contribution is 2.35. The number of aromatic nitrogens is 5. The van der Waals surface area contributed by atoms with Crippen LogP contribution in [0, 0.1) is 19.8 Å². The van der Waals surface area contributed by atoms with E-state index in [1.807, 2.05) is 69.4 Å². The molecule has 4 amide bonds. The number of piperazine rings is 1. The first-order valence-electron chi connectivity index (χ1n) is 25.9. The summed E-state index contributed by atoms with van der Waals surface area (Å²) in [6.07, 6.45) is 6.79. The molecule has 1 saturated carbocycles. The average molecular weight is 1040 g/mol. The lowest BCUT2D eigenvalue weighted by Gasteiger charge is -2.36. The first-order valence-corrected chi connectivity index (χ1v) is 26.7. The minimum Gasteiger partial charge on any atom is -0.483 e. The summed E-state index contributed by atoms with van der Waals surface area (Å²) in [6, 6.07) is 15.1. The van der Waals surface area contributed by atoms with Crippen LogP contribution in [-0.2, 0) is 33.9 Å². The molecule has 0 spiro atoms. The molecular weight excluding hydrogens is 973 g/mol. The normalized spacial score (nSPS) is 18.3. The Hall–Kier alpha value is -7.38. The number of β-amino-alcohol motifs (C(OH)–C–C–N with tert-alkyl or cyclic N) is 1. The molecule has 6 aromatic rings. The number of fused-ring (bicyclic) bond motifs is 2. The van der Waals surface area contributed by atoms with Gasteiger partial charge >= 0.3 is 0 Å². The molecule has 4 aromatic heterocycles. The Morgan fingerprint density at radius 2 is 1.71 bits per heavy atom. The molecule has 10 rings (SSSR count). The van der Waals surface area contributed by atoms with Crippen LogP contribution in [0.25, 0.3) is 21.5 Å². The fraction of sp³-hybridized carbons (Fsp3) is 0.429. The summed E-state index contributed by atoms with van der Waals surface area (Å²) in [5.74, 6) is -0.815. The summed E-state index contributed by atoms with van der Waals surface area (Å²) in [6.45, 7) is 11.0. The van der Waals surface area contributed by atoms with Gasteiger partial charge in [0.2, 0.25) is 11.8 Å². The van der Waals surface area contributed by atoms with Gasteiger partial charge in [0, 0.05) is 86.7 Å². The monoisotopic (exact) mass is 1030 g/mol. The number of ether oxygens (including phenoxy) is 1. The number of pyridine rings is 2. The zero-order valence-electron chi connectivity index (χ0n) is 43.0. The largest absolute Gasteiger partial charge is 0.483 e. The number of aliphatic hydroxyl groups excluding tert-OH is 1. The van der Waals surface area contributed by atoms with Gasteiger partial charge in [-0.3, -0.25) is 38.3 Å². The highest BCUT2D eigenvalue weighted by atomic mass is 32.1. The van der Waals surface area contributed by atoms with E-state index < -0.39 is 24.1 Å². The van der Waals surface area contributed by atoms with E-state index >= 15 is 0 Å². The minimum atomic E-state index is -0.963. The van der Waals surface area contributed by atoms with E-state index in [9.17, 15) is 33.9 Å². The van der Waals surface area contributed by atoms with E-state index in [4.69, 9.17) is 14.7 Å². The molecule has 2 N–H and O–H groups in total. The summed E-state index contributed by atoms with van der Waals surface area (Å²) in [5, 5.41) is 14.5. The molecule has 2 saturated heterocycles. The third-order valence-corrected chi connectivity index (χ3v) is 16.2. The number of benzene rings is 2. The predicted octanol–water partition coefficient (Wildman–Crippen LogP) is 5.82. The maximum atomic E-state index is 14.3. The number of rotatable bonds is 15. The van der Waals surface area contributed by atoms with Crippen LogP contribution >= 0.6 is 11.3 Å². The first-order chi connectivity index (χ1) is 36.1. The molecule has 0 unspecified atom stereocenters. The number of ketones is 1. The second-order valence-corrected chi connectivity index (χ2v) is 21.4. The Morgan fingerprint density at radius 1 is 0.933 bits per heavy atom. The third kappa shape index (κ3) is 10.3. The van der Waals surface area contributed by atoms with Crippen molar-refractivity contribution >= 4 is 57.5 Å². The number of hydrogen-bond acceptors (Lipinski definition) is 14. The van der Waals surface area contributed by atoms with Gasteiger partial charge in [-0.15, -0.1) is 11.3 Å². The number of amides is 4. The van der Waals surface area contributed by atoms with Crippen molar-refractivity contribution in [3.63, 3.8) is 0 Å². The second-order valence-electron chi connectivity index (χ2n) is 20.5. The van der Waals surface area contributed by atoms with Crippen LogP contribution < -0.4 is 20.5 Å². The van der Waals surface area contributed by atoms with Crippen LogP contribution in [0.1, 0.15) is 114 Å². The van der Waals surface area contributed by atoms with Gasteiger partial charge in [0.15, 0.2) is 12.4 Å². The van der Waals surface area contributed by atoms with E-state index in [0.29, 0.717) is 71.9 Å². The van der Waals surface area contributed by atoms with E-state index in [0.717, 1.165) is 58.8 Å². The van der Waals surface area contributed by atoms with E-state index in [1.54, 1.807) is 45.1 Å². The first kappa shape index (κ1) is 51.1. The van der Waals surface area contributed by atoms with Gasteiger partial charge in [0.1, 0.15) is 29.3 Å². The zero-order valence-corrected chi connectivity index (χ0v) is 43.8. The fourth-order valence-electron chi connectivity index (χ4n) is 11.3. The van der Waals surface area contributed by atoms with Gasteiger partial charge in [0.25, 0.3) is 17.4 Å². The maximum absolute atomic E-state index is 14.3. The number of carbonyl (C=O) groups is 5. The van der Waals surface area contributed by atoms with Gasteiger partial charge in [0.05, 0.1) is 46.1 Å². The number of Topliss-reactive ketones (excluding diaryl/α,β-unsaturated/α-hetero) is 1. The molecule has 7 heterocycles. The quantitative estimate of drug-likeness (QED) is 0.116. The number of anilines is 1. The molecule has 0 radical (unpaired) electrons. The van der Waals surface area contributed by atoms with Gasteiger partial charge in [-0.25, -0.2) is 15.0 Å². The Bertz CT molecular complexity index is 3250. The Labute approximate surface area is 438 Å². The fourth-order valence-corrected chi connectivity index (χ4v) is 12.1. The van der Waals surface area contributed by atoms with Crippen molar-refractivity contribution in [3.05, 3.63) is 128 Å². The van der Waals surface area contributed by atoms with Crippen molar-refractivity contribution in [3.8, 4) is 16.2 Å². The highest BCUT2D eigenvalue weighted by molar-refractivity contribution is 7.13. The molecule has 2 aromatic carbocycles. The number of aliphatic hydroxyl groups is 1. The lowest BCUT2D eigenvalue weighted by Crippen LogP contribution is -2.55. The van der Waals surface area contributed by atoms with Crippen LogP contribution in [0.5, 0.6) is 5.75 Å². The molecule has 75 heavy (non-hydrogen) atoms. The molecule has 3 fully saturated rings. The summed E-state index contributed by atoms with van der Waals surface area (Å²) in [5.41, 5.74) is 8.25. The average Bonchev–Trinajstić information content (AvgIpc) is 4.25. The molecule has 3 atom stereocenters.